The van der Waals surface area contributed by atoms with Crippen LogP contribution in [0.3, 0.4) is 0 Å². The van der Waals surface area contributed by atoms with Crippen molar-refractivity contribution >= 4 is 21.6 Å². The second-order valence-corrected chi connectivity index (χ2v) is 8.52. The molecule has 0 radical (unpaired) electrons. The molecule has 1 aromatic heterocycles. The molecule has 0 unspecified atom stereocenters. The molecule has 0 N–H and O–H groups in total. The van der Waals surface area contributed by atoms with Crippen molar-refractivity contribution in [2.75, 3.05) is 13.2 Å². The number of hydrogen-bond acceptors (Lipinski definition) is 4. The van der Waals surface area contributed by atoms with Crippen LogP contribution in [0.15, 0.2) is 42.5 Å². The van der Waals surface area contributed by atoms with Crippen LogP contribution in [0.25, 0.3) is 20.8 Å². The molecule has 29 heavy (non-hydrogen) atoms. The molecule has 0 bridgehead atoms. The highest BCUT2D eigenvalue weighted by molar-refractivity contribution is 7.21. The molecule has 3 nitrogen and oxygen atoms in total. The van der Waals surface area contributed by atoms with E-state index in [0.29, 0.717) is 0 Å². The van der Waals surface area contributed by atoms with Crippen LogP contribution < -0.4 is 9.47 Å². The smallest absolute Gasteiger partial charge is 0.124 e. The van der Waals surface area contributed by atoms with Crippen LogP contribution in [-0.2, 0) is 0 Å². The van der Waals surface area contributed by atoms with Crippen LogP contribution in [0.2, 0.25) is 0 Å². The molecule has 0 aliphatic carbocycles. The number of nitrogens with zero attached hydrogens (tertiary/aromatic N) is 1. The summed E-state index contributed by atoms with van der Waals surface area (Å²) in [7, 11) is 0. The molecule has 0 fully saturated rings. The predicted molar refractivity (Wildman–Crippen MR) is 124 cm³/mol. The molecule has 3 rings (SSSR count). The van der Waals surface area contributed by atoms with E-state index >= 15 is 0 Å². The van der Waals surface area contributed by atoms with Crippen molar-refractivity contribution in [3.63, 3.8) is 0 Å². The van der Waals surface area contributed by atoms with E-state index in [-0.39, 0.29) is 0 Å². The molecule has 1 heterocycles. The molecular weight excluding hydrogens is 378 g/mol. The number of ether oxygens (including phenoxy) is 2. The monoisotopic (exact) mass is 411 g/mol. The van der Waals surface area contributed by atoms with E-state index in [1.54, 1.807) is 11.3 Å². The third-order valence-corrected chi connectivity index (χ3v) is 6.06. The van der Waals surface area contributed by atoms with Gasteiger partial charge in [0, 0.05) is 5.56 Å². The van der Waals surface area contributed by atoms with E-state index in [0.717, 1.165) is 53.6 Å². The maximum Gasteiger partial charge on any atom is 0.124 e. The van der Waals surface area contributed by atoms with E-state index in [9.17, 15) is 0 Å². The molecule has 156 valence electrons. The van der Waals surface area contributed by atoms with Gasteiger partial charge in [0.15, 0.2) is 0 Å². The largest absolute Gasteiger partial charge is 0.494 e. The Morgan fingerprint density at radius 1 is 0.724 bits per heavy atom. The Hall–Kier alpha value is -2.07. The molecular formula is C25H33NO2S. The fourth-order valence-electron chi connectivity index (χ4n) is 3.25. The topological polar surface area (TPSA) is 31.4 Å². The Labute approximate surface area is 179 Å². The summed E-state index contributed by atoms with van der Waals surface area (Å²) in [6, 6.07) is 14.5. The fraction of sp³-hybridized carbons (Fsp3) is 0.480. The van der Waals surface area contributed by atoms with Crippen molar-refractivity contribution < 1.29 is 9.47 Å². The van der Waals surface area contributed by atoms with Gasteiger partial charge in [-0.05, 0) is 55.3 Å². The van der Waals surface area contributed by atoms with Crippen LogP contribution in [-0.4, -0.2) is 18.2 Å². The zero-order valence-corrected chi connectivity index (χ0v) is 18.6. The van der Waals surface area contributed by atoms with E-state index in [1.807, 2.05) is 18.2 Å². The van der Waals surface area contributed by atoms with Crippen molar-refractivity contribution in [2.45, 2.75) is 65.2 Å². The maximum absolute atomic E-state index is 5.92. The van der Waals surface area contributed by atoms with Crippen LogP contribution in [0.1, 0.15) is 65.2 Å². The SMILES string of the molecule is CCCCCCOc1ccc(-c2nc3ccc(OCCCCCC)cc3s2)cc1. The lowest BCUT2D eigenvalue weighted by molar-refractivity contribution is 0.305. The number of aromatic nitrogens is 1. The van der Waals surface area contributed by atoms with Crippen molar-refractivity contribution in [2.24, 2.45) is 0 Å². The first-order chi connectivity index (χ1) is 14.3. The average molecular weight is 412 g/mol. The van der Waals surface area contributed by atoms with Crippen molar-refractivity contribution in [1.29, 1.82) is 0 Å². The molecule has 2 aromatic carbocycles. The predicted octanol–water partition coefficient (Wildman–Crippen LogP) is 7.88. The lowest BCUT2D eigenvalue weighted by atomic mass is 10.2. The number of hydrogen-bond donors (Lipinski definition) is 0. The molecule has 4 heteroatoms. The first-order valence-corrected chi connectivity index (χ1v) is 11.9. The van der Waals surface area contributed by atoms with Gasteiger partial charge in [-0.25, -0.2) is 4.98 Å². The molecule has 3 aromatic rings. The van der Waals surface area contributed by atoms with Crippen molar-refractivity contribution in [3.8, 4) is 22.1 Å². The Morgan fingerprint density at radius 3 is 2.00 bits per heavy atom. The summed E-state index contributed by atoms with van der Waals surface area (Å²) >= 11 is 1.71. The third kappa shape index (κ3) is 6.74. The Kier molecular flexibility index (Phi) is 8.82. The van der Waals surface area contributed by atoms with Gasteiger partial charge in [-0.15, -0.1) is 11.3 Å². The summed E-state index contributed by atoms with van der Waals surface area (Å²) in [5.41, 5.74) is 2.16. The van der Waals surface area contributed by atoms with Gasteiger partial charge in [0.1, 0.15) is 16.5 Å². The van der Waals surface area contributed by atoms with Crippen molar-refractivity contribution in [1.82, 2.24) is 4.98 Å². The fourth-order valence-corrected chi connectivity index (χ4v) is 4.25. The zero-order valence-electron chi connectivity index (χ0n) is 17.8. The number of fused-ring (bicyclic) bond motifs is 1. The molecule has 0 atom stereocenters. The molecule has 0 saturated heterocycles. The average Bonchev–Trinajstić information content (AvgIpc) is 3.17. The summed E-state index contributed by atoms with van der Waals surface area (Å²) in [5, 5.41) is 1.04. The number of benzene rings is 2. The lowest BCUT2D eigenvalue weighted by Crippen LogP contribution is -1.96. The Balaban J connectivity index is 1.56. The second-order valence-electron chi connectivity index (χ2n) is 7.49. The summed E-state index contributed by atoms with van der Waals surface area (Å²) < 4.78 is 12.9. The van der Waals surface area contributed by atoms with Gasteiger partial charge in [0.05, 0.1) is 23.4 Å². The van der Waals surface area contributed by atoms with Gasteiger partial charge in [0.25, 0.3) is 0 Å². The van der Waals surface area contributed by atoms with E-state index < -0.39 is 0 Å². The van der Waals surface area contributed by atoms with Gasteiger partial charge in [-0.2, -0.15) is 0 Å². The van der Waals surface area contributed by atoms with E-state index in [4.69, 9.17) is 14.5 Å². The van der Waals surface area contributed by atoms with Gasteiger partial charge in [0.2, 0.25) is 0 Å². The van der Waals surface area contributed by atoms with Gasteiger partial charge in [-0.1, -0.05) is 52.4 Å². The van der Waals surface area contributed by atoms with Crippen LogP contribution in [0, 0.1) is 0 Å². The first kappa shape index (κ1) is 21.6. The van der Waals surface area contributed by atoms with Crippen LogP contribution in [0.4, 0.5) is 0 Å². The summed E-state index contributed by atoms with van der Waals surface area (Å²) in [6.07, 6.45) is 9.79. The molecule has 0 amide bonds. The minimum atomic E-state index is 0.789. The lowest BCUT2D eigenvalue weighted by Gasteiger charge is -2.06. The minimum Gasteiger partial charge on any atom is -0.494 e. The highest BCUT2D eigenvalue weighted by Crippen LogP contribution is 2.33. The highest BCUT2D eigenvalue weighted by atomic mass is 32.1. The molecule has 0 saturated carbocycles. The Bertz CT molecular complexity index is 857. The van der Waals surface area contributed by atoms with Crippen LogP contribution in [0.5, 0.6) is 11.5 Å². The maximum atomic E-state index is 5.92. The van der Waals surface area contributed by atoms with E-state index in [2.05, 4.69) is 38.1 Å². The number of thiazole rings is 1. The summed E-state index contributed by atoms with van der Waals surface area (Å²) in [4.78, 5) is 4.79. The minimum absolute atomic E-state index is 0.789. The van der Waals surface area contributed by atoms with Crippen LogP contribution >= 0.6 is 11.3 Å². The van der Waals surface area contributed by atoms with Gasteiger partial charge in [-0.3, -0.25) is 0 Å². The second kappa shape index (κ2) is 11.8. The van der Waals surface area contributed by atoms with Crippen molar-refractivity contribution in [3.05, 3.63) is 42.5 Å². The normalized spacial score (nSPS) is 11.1. The number of rotatable bonds is 13. The highest BCUT2D eigenvalue weighted by Gasteiger charge is 2.08. The quantitative estimate of drug-likeness (QED) is 0.268. The van der Waals surface area contributed by atoms with Gasteiger partial charge < -0.3 is 9.47 Å². The standard InChI is InChI=1S/C25H33NO2S/c1-3-5-7-9-17-27-21-13-11-20(12-14-21)25-26-23-16-15-22(19-24(23)29-25)28-18-10-8-6-4-2/h11-16,19H,3-10,17-18H2,1-2H3. The first-order valence-electron chi connectivity index (χ1n) is 11.1. The summed E-state index contributed by atoms with van der Waals surface area (Å²) in [5.74, 6) is 1.88. The third-order valence-electron chi connectivity index (χ3n) is 4.99. The number of unbranched alkanes of at least 4 members (excludes halogenated alkanes) is 6. The van der Waals surface area contributed by atoms with Gasteiger partial charge >= 0.3 is 0 Å². The Morgan fingerprint density at radius 2 is 1.34 bits per heavy atom. The summed E-state index contributed by atoms with van der Waals surface area (Å²) in [6.45, 7) is 6.04. The zero-order chi connectivity index (χ0) is 20.3. The molecule has 0 aliphatic heterocycles. The molecule has 0 spiro atoms. The van der Waals surface area contributed by atoms with E-state index in [1.165, 1.54) is 43.2 Å². The molecule has 0 aliphatic rings.